The molecule has 3 N–H and O–H groups in total. The molecule has 0 amide bonds. The average Bonchev–Trinajstić information content (AvgIpc) is 3.21. The summed E-state index contributed by atoms with van der Waals surface area (Å²) < 4.78 is 26.3. The van der Waals surface area contributed by atoms with Crippen LogP contribution in [0.15, 0.2) is 65.3 Å². The fourth-order valence-corrected chi connectivity index (χ4v) is 3.34. The summed E-state index contributed by atoms with van der Waals surface area (Å²) in [5.74, 6) is -0.879. The molecule has 6 nitrogen and oxygen atoms in total. The fourth-order valence-electron chi connectivity index (χ4n) is 3.34. The minimum absolute atomic E-state index is 0.0857. The van der Waals surface area contributed by atoms with E-state index in [0.29, 0.717) is 44.8 Å². The Morgan fingerprint density at radius 1 is 1.10 bits per heavy atom. The minimum Gasteiger partial charge on any atom is -0.487 e. The normalized spacial score (nSPS) is 11.0. The number of carboxylic acid groups (broad SMARTS) is 1. The molecule has 0 aliphatic carbocycles. The van der Waals surface area contributed by atoms with E-state index in [9.17, 15) is 9.18 Å². The van der Waals surface area contributed by atoms with Crippen LogP contribution in [0.2, 0.25) is 0 Å². The van der Waals surface area contributed by atoms with E-state index in [-0.39, 0.29) is 19.6 Å². The smallest absolute Gasteiger partial charge is 0.307 e. The second-order valence-electron chi connectivity index (χ2n) is 6.75. The zero-order valence-corrected chi connectivity index (χ0v) is 16.0. The number of aliphatic carboxylic acids is 1. The van der Waals surface area contributed by atoms with Crippen molar-refractivity contribution in [2.75, 3.05) is 0 Å². The van der Waals surface area contributed by atoms with Gasteiger partial charge in [-0.15, -0.1) is 0 Å². The van der Waals surface area contributed by atoms with Gasteiger partial charge in [0, 0.05) is 34.9 Å². The molecule has 2 aromatic carbocycles. The van der Waals surface area contributed by atoms with Crippen LogP contribution in [0.4, 0.5) is 4.39 Å². The van der Waals surface area contributed by atoms with Gasteiger partial charge in [0.25, 0.3) is 0 Å². The molecule has 0 spiro atoms. The molecule has 0 saturated heterocycles. The number of nitrogens with zero attached hydrogens (tertiary/aromatic N) is 1. The summed E-state index contributed by atoms with van der Waals surface area (Å²) in [6.45, 7) is 0.172. The Balaban J connectivity index is 1.70. The highest BCUT2D eigenvalue weighted by atomic mass is 19.1. The van der Waals surface area contributed by atoms with Gasteiger partial charge >= 0.3 is 5.97 Å². The van der Waals surface area contributed by atoms with Gasteiger partial charge in [0.05, 0.1) is 18.4 Å². The zero-order chi connectivity index (χ0) is 21.1. The quantitative estimate of drug-likeness (QED) is 0.475. The molecule has 0 bridgehead atoms. The monoisotopic (exact) mass is 406 g/mol. The molecule has 0 fully saturated rings. The van der Waals surface area contributed by atoms with Crippen LogP contribution in [0.25, 0.3) is 22.2 Å². The predicted octanol–water partition coefficient (Wildman–Crippen LogP) is 4.30. The largest absolute Gasteiger partial charge is 0.487 e. The number of carboxylic acids is 1. The number of aromatic nitrogens is 1. The summed E-state index contributed by atoms with van der Waals surface area (Å²) in [6.07, 6.45) is 1.35. The van der Waals surface area contributed by atoms with Gasteiger partial charge in [-0.25, -0.2) is 9.37 Å². The predicted molar refractivity (Wildman–Crippen MR) is 109 cm³/mol. The number of halogens is 1. The molecule has 30 heavy (non-hydrogen) atoms. The van der Waals surface area contributed by atoms with E-state index in [0.717, 1.165) is 0 Å². The summed E-state index contributed by atoms with van der Waals surface area (Å²) in [7, 11) is 0. The average molecular weight is 406 g/mol. The summed E-state index contributed by atoms with van der Waals surface area (Å²) in [6, 6.07) is 15.4. The highest BCUT2D eigenvalue weighted by Gasteiger charge is 2.17. The molecular formula is C23H19FN2O4. The van der Waals surface area contributed by atoms with Crippen LogP contribution in [0.5, 0.6) is 5.75 Å². The summed E-state index contributed by atoms with van der Waals surface area (Å²) in [5.41, 5.74) is 9.13. The molecule has 2 aromatic heterocycles. The van der Waals surface area contributed by atoms with E-state index in [2.05, 4.69) is 4.98 Å². The first-order valence-corrected chi connectivity index (χ1v) is 9.34. The molecular weight excluding hydrogens is 387 g/mol. The number of ether oxygens (including phenoxy) is 1. The van der Waals surface area contributed by atoms with E-state index < -0.39 is 11.8 Å². The number of carbonyl (C=O) groups is 1. The van der Waals surface area contributed by atoms with Crippen LogP contribution in [0.1, 0.15) is 16.8 Å². The number of fused-ring (bicyclic) bond motifs is 1. The molecule has 7 heteroatoms. The van der Waals surface area contributed by atoms with Crippen molar-refractivity contribution in [3.8, 4) is 16.9 Å². The highest BCUT2D eigenvalue weighted by molar-refractivity contribution is 5.90. The van der Waals surface area contributed by atoms with Crippen molar-refractivity contribution in [1.29, 1.82) is 0 Å². The van der Waals surface area contributed by atoms with E-state index in [1.165, 1.54) is 6.26 Å². The third kappa shape index (κ3) is 3.88. The van der Waals surface area contributed by atoms with Crippen LogP contribution in [0, 0.1) is 5.82 Å². The van der Waals surface area contributed by atoms with Crippen LogP contribution in [0.3, 0.4) is 0 Å². The maximum Gasteiger partial charge on any atom is 0.307 e. The van der Waals surface area contributed by atoms with Crippen molar-refractivity contribution in [1.82, 2.24) is 4.98 Å². The van der Waals surface area contributed by atoms with E-state index >= 15 is 0 Å². The molecule has 4 aromatic rings. The number of para-hydroxylation sites is 1. The molecule has 0 aliphatic rings. The molecule has 0 unspecified atom stereocenters. The lowest BCUT2D eigenvalue weighted by Crippen LogP contribution is -2.05. The van der Waals surface area contributed by atoms with Gasteiger partial charge in [-0.1, -0.05) is 36.4 Å². The van der Waals surface area contributed by atoms with Crippen LogP contribution in [-0.2, 0) is 24.4 Å². The lowest BCUT2D eigenvalue weighted by Gasteiger charge is -2.12. The Labute approximate surface area is 171 Å². The van der Waals surface area contributed by atoms with Gasteiger partial charge in [0.15, 0.2) is 5.58 Å². The SMILES string of the molecule is NCc1cccc(-c2cc(COc3ccccc3CC(=O)O)nc3ccoc23)c1F. The minimum atomic E-state index is -0.943. The van der Waals surface area contributed by atoms with Crippen LogP contribution >= 0.6 is 0 Å². The standard InChI is InChI=1S/C23H19FN2O4/c24-22-15(12-25)5-3-6-17(22)18-11-16(26-19-8-9-29-23(18)19)13-30-20-7-2-1-4-14(20)10-21(27)28/h1-9,11H,10,12-13,25H2,(H,27,28). The Morgan fingerprint density at radius 3 is 2.70 bits per heavy atom. The second kappa shape index (κ2) is 8.34. The summed E-state index contributed by atoms with van der Waals surface area (Å²) >= 11 is 0. The summed E-state index contributed by atoms with van der Waals surface area (Å²) in [5, 5.41) is 9.08. The van der Waals surface area contributed by atoms with E-state index in [1.807, 2.05) is 0 Å². The van der Waals surface area contributed by atoms with Crippen molar-refractivity contribution < 1.29 is 23.4 Å². The number of nitrogens with two attached hydrogens (primary N) is 1. The molecule has 0 atom stereocenters. The van der Waals surface area contributed by atoms with Gasteiger partial charge in [0.1, 0.15) is 23.7 Å². The van der Waals surface area contributed by atoms with Crippen LogP contribution < -0.4 is 10.5 Å². The first-order chi connectivity index (χ1) is 14.6. The number of benzene rings is 2. The maximum atomic E-state index is 14.9. The first kappa shape index (κ1) is 19.6. The maximum absolute atomic E-state index is 14.9. The third-order valence-electron chi connectivity index (χ3n) is 4.74. The van der Waals surface area contributed by atoms with Gasteiger partial charge in [0.2, 0.25) is 0 Å². The number of pyridine rings is 1. The molecule has 0 radical (unpaired) electrons. The topological polar surface area (TPSA) is 98.6 Å². The second-order valence-corrected chi connectivity index (χ2v) is 6.75. The number of hydrogen-bond donors (Lipinski definition) is 2. The lowest BCUT2D eigenvalue weighted by atomic mass is 10.0. The van der Waals surface area contributed by atoms with Gasteiger partial charge in [-0.05, 0) is 12.1 Å². The van der Waals surface area contributed by atoms with E-state index in [1.54, 1.807) is 54.6 Å². The lowest BCUT2D eigenvalue weighted by molar-refractivity contribution is -0.136. The van der Waals surface area contributed by atoms with Crippen molar-refractivity contribution >= 4 is 17.1 Å². The van der Waals surface area contributed by atoms with Gasteiger partial charge in [-0.3, -0.25) is 4.79 Å². The van der Waals surface area contributed by atoms with Crippen molar-refractivity contribution in [3.05, 3.63) is 83.5 Å². The van der Waals surface area contributed by atoms with Crippen molar-refractivity contribution in [2.24, 2.45) is 5.73 Å². The molecule has 4 rings (SSSR count). The Bertz CT molecular complexity index is 1220. The number of furan rings is 1. The van der Waals surface area contributed by atoms with Gasteiger partial charge in [-0.2, -0.15) is 0 Å². The van der Waals surface area contributed by atoms with Crippen molar-refractivity contribution in [3.63, 3.8) is 0 Å². The number of rotatable bonds is 7. The molecule has 0 aliphatic heterocycles. The van der Waals surface area contributed by atoms with Gasteiger partial charge < -0.3 is 20.0 Å². The third-order valence-corrected chi connectivity index (χ3v) is 4.74. The molecule has 0 saturated carbocycles. The number of hydrogen-bond acceptors (Lipinski definition) is 5. The summed E-state index contributed by atoms with van der Waals surface area (Å²) in [4.78, 5) is 15.6. The van der Waals surface area contributed by atoms with Crippen molar-refractivity contribution in [2.45, 2.75) is 19.6 Å². The Morgan fingerprint density at radius 2 is 1.90 bits per heavy atom. The van der Waals surface area contributed by atoms with E-state index in [4.69, 9.17) is 20.0 Å². The molecule has 152 valence electrons. The zero-order valence-electron chi connectivity index (χ0n) is 16.0. The highest BCUT2D eigenvalue weighted by Crippen LogP contribution is 2.32. The first-order valence-electron chi connectivity index (χ1n) is 9.34. The Kier molecular flexibility index (Phi) is 5.45. The van der Waals surface area contributed by atoms with Crippen LogP contribution in [-0.4, -0.2) is 16.1 Å². The molecule has 2 heterocycles. The fraction of sp³-hybridized carbons (Fsp3) is 0.130. The Hall–Kier alpha value is -3.71.